The number of aryl methyl sites for hydroxylation is 1. The maximum atomic E-state index is 6.31. The zero-order valence-electron chi connectivity index (χ0n) is 13.4. The molecule has 2 rings (SSSR count). The molecule has 0 unspecified atom stereocenters. The largest absolute Gasteiger partial charge is 0.490 e. The molecule has 0 saturated heterocycles. The fourth-order valence-electron chi connectivity index (χ4n) is 1.99. The summed E-state index contributed by atoms with van der Waals surface area (Å²) in [6.45, 7) is 8.50. The van der Waals surface area contributed by atoms with E-state index in [1.54, 1.807) is 18.4 Å². The maximum absolute atomic E-state index is 6.31. The Morgan fingerprint density at radius 2 is 1.91 bits per heavy atom. The van der Waals surface area contributed by atoms with Crippen molar-refractivity contribution in [1.82, 2.24) is 0 Å². The highest BCUT2D eigenvalue weighted by atomic mass is 35.5. The number of ether oxygens (including phenoxy) is 2. The Balaban J connectivity index is 2.28. The second kappa shape index (κ2) is 8.39. The molecule has 0 bridgehead atoms. The van der Waals surface area contributed by atoms with Gasteiger partial charge in [0, 0.05) is 6.21 Å². The highest BCUT2D eigenvalue weighted by molar-refractivity contribution is 6.32. The molecule has 0 aromatic heterocycles. The molecule has 0 aliphatic carbocycles. The zero-order chi connectivity index (χ0) is 16.7. The van der Waals surface area contributed by atoms with Crippen molar-refractivity contribution in [1.29, 1.82) is 0 Å². The minimum Gasteiger partial charge on any atom is -0.490 e. The molecule has 0 saturated carbocycles. The van der Waals surface area contributed by atoms with Gasteiger partial charge in [0.15, 0.2) is 11.5 Å². The summed E-state index contributed by atoms with van der Waals surface area (Å²) in [6, 6.07) is 11.7. The summed E-state index contributed by atoms with van der Waals surface area (Å²) in [6.07, 6.45) is 3.43. The van der Waals surface area contributed by atoms with E-state index in [0.29, 0.717) is 29.7 Å². The number of aliphatic imine (C=N–C) groups is 1. The first kappa shape index (κ1) is 17.1. The number of halogens is 1. The Labute approximate surface area is 142 Å². The van der Waals surface area contributed by atoms with Crippen LogP contribution in [0.15, 0.2) is 54.0 Å². The number of hydrogen-bond acceptors (Lipinski definition) is 3. The van der Waals surface area contributed by atoms with Crippen molar-refractivity contribution in [3.63, 3.8) is 0 Å². The van der Waals surface area contributed by atoms with E-state index < -0.39 is 0 Å². The van der Waals surface area contributed by atoms with Crippen LogP contribution >= 0.6 is 11.6 Å². The Morgan fingerprint density at radius 3 is 2.57 bits per heavy atom. The van der Waals surface area contributed by atoms with Gasteiger partial charge in [-0.2, -0.15) is 0 Å². The minimum atomic E-state index is 0.372. The molecular formula is C19H20ClNO2. The van der Waals surface area contributed by atoms with Crippen molar-refractivity contribution in [2.75, 3.05) is 13.2 Å². The van der Waals surface area contributed by atoms with Gasteiger partial charge in [-0.1, -0.05) is 42.0 Å². The first-order chi connectivity index (χ1) is 11.1. The lowest BCUT2D eigenvalue weighted by atomic mass is 10.2. The van der Waals surface area contributed by atoms with Crippen molar-refractivity contribution >= 4 is 23.5 Å². The normalized spacial score (nSPS) is 10.7. The van der Waals surface area contributed by atoms with E-state index in [-0.39, 0.29) is 0 Å². The summed E-state index contributed by atoms with van der Waals surface area (Å²) in [7, 11) is 0. The van der Waals surface area contributed by atoms with Crippen LogP contribution < -0.4 is 9.47 Å². The molecule has 4 heteroatoms. The Hall–Kier alpha value is -2.26. The van der Waals surface area contributed by atoms with E-state index in [1.807, 2.05) is 44.2 Å². The molecule has 0 aliphatic heterocycles. The lowest BCUT2D eigenvalue weighted by Gasteiger charge is -2.13. The van der Waals surface area contributed by atoms with Crippen LogP contribution in [-0.2, 0) is 0 Å². The second-order valence-corrected chi connectivity index (χ2v) is 5.36. The van der Waals surface area contributed by atoms with Crippen LogP contribution in [0.4, 0.5) is 5.69 Å². The molecule has 0 radical (unpaired) electrons. The number of nitrogens with zero attached hydrogens (tertiary/aromatic N) is 1. The van der Waals surface area contributed by atoms with Gasteiger partial charge < -0.3 is 9.47 Å². The SMILES string of the molecule is C=CCOc1c(Cl)cc(C=Nc2ccc(C)cc2)cc1OCC. The molecule has 0 fully saturated rings. The van der Waals surface area contributed by atoms with Gasteiger partial charge >= 0.3 is 0 Å². The van der Waals surface area contributed by atoms with Crippen molar-refractivity contribution < 1.29 is 9.47 Å². The van der Waals surface area contributed by atoms with Crippen LogP contribution in [0.25, 0.3) is 0 Å². The highest BCUT2D eigenvalue weighted by Crippen LogP contribution is 2.36. The highest BCUT2D eigenvalue weighted by Gasteiger charge is 2.11. The lowest BCUT2D eigenvalue weighted by Crippen LogP contribution is -2.00. The quantitative estimate of drug-likeness (QED) is 0.505. The van der Waals surface area contributed by atoms with Gasteiger partial charge in [0.1, 0.15) is 6.61 Å². The first-order valence-corrected chi connectivity index (χ1v) is 7.82. The summed E-state index contributed by atoms with van der Waals surface area (Å²) in [5.74, 6) is 1.13. The van der Waals surface area contributed by atoms with Gasteiger partial charge in [-0.15, -0.1) is 0 Å². The van der Waals surface area contributed by atoms with Gasteiger partial charge in [-0.3, -0.25) is 4.99 Å². The van der Waals surface area contributed by atoms with E-state index in [4.69, 9.17) is 21.1 Å². The van der Waals surface area contributed by atoms with E-state index in [0.717, 1.165) is 11.3 Å². The summed E-state index contributed by atoms with van der Waals surface area (Å²) >= 11 is 6.31. The molecular weight excluding hydrogens is 310 g/mol. The fourth-order valence-corrected chi connectivity index (χ4v) is 2.26. The van der Waals surface area contributed by atoms with Crippen molar-refractivity contribution in [3.8, 4) is 11.5 Å². The topological polar surface area (TPSA) is 30.8 Å². The van der Waals surface area contributed by atoms with E-state index in [9.17, 15) is 0 Å². The van der Waals surface area contributed by atoms with Gasteiger partial charge in [-0.05, 0) is 43.7 Å². The average molecular weight is 330 g/mol. The summed E-state index contributed by atoms with van der Waals surface area (Å²) in [4.78, 5) is 4.46. The Bertz CT molecular complexity index is 693. The fraction of sp³-hybridized carbons (Fsp3) is 0.211. The molecule has 3 nitrogen and oxygen atoms in total. The van der Waals surface area contributed by atoms with Crippen LogP contribution in [0.5, 0.6) is 11.5 Å². The van der Waals surface area contributed by atoms with Crippen molar-refractivity contribution in [2.24, 2.45) is 4.99 Å². The summed E-state index contributed by atoms with van der Waals surface area (Å²) < 4.78 is 11.2. The van der Waals surface area contributed by atoms with Gasteiger partial charge in [0.2, 0.25) is 0 Å². The van der Waals surface area contributed by atoms with E-state index >= 15 is 0 Å². The van der Waals surface area contributed by atoms with Crippen LogP contribution in [0, 0.1) is 6.92 Å². The third kappa shape index (κ3) is 4.86. The van der Waals surface area contributed by atoms with E-state index in [2.05, 4.69) is 11.6 Å². The van der Waals surface area contributed by atoms with Crippen molar-refractivity contribution in [2.45, 2.75) is 13.8 Å². The predicted octanol–water partition coefficient (Wildman–Crippen LogP) is 5.36. The average Bonchev–Trinajstić information content (AvgIpc) is 2.54. The second-order valence-electron chi connectivity index (χ2n) is 4.96. The molecule has 120 valence electrons. The zero-order valence-corrected chi connectivity index (χ0v) is 14.1. The third-order valence-corrected chi connectivity index (χ3v) is 3.35. The van der Waals surface area contributed by atoms with Crippen LogP contribution in [0.1, 0.15) is 18.1 Å². The maximum Gasteiger partial charge on any atom is 0.180 e. The van der Waals surface area contributed by atoms with Crippen LogP contribution in [0.2, 0.25) is 5.02 Å². The number of hydrogen-bond donors (Lipinski definition) is 0. The third-order valence-electron chi connectivity index (χ3n) is 3.07. The first-order valence-electron chi connectivity index (χ1n) is 7.44. The lowest BCUT2D eigenvalue weighted by molar-refractivity contribution is 0.297. The molecule has 23 heavy (non-hydrogen) atoms. The van der Waals surface area contributed by atoms with Crippen LogP contribution in [-0.4, -0.2) is 19.4 Å². The molecule has 2 aromatic carbocycles. The molecule has 0 heterocycles. The molecule has 0 amide bonds. The molecule has 0 aliphatic rings. The molecule has 2 aromatic rings. The predicted molar refractivity (Wildman–Crippen MR) is 96.7 cm³/mol. The van der Waals surface area contributed by atoms with Gasteiger partial charge in [0.05, 0.1) is 17.3 Å². The monoisotopic (exact) mass is 329 g/mol. The number of rotatable bonds is 7. The minimum absolute atomic E-state index is 0.372. The van der Waals surface area contributed by atoms with Gasteiger partial charge in [0.25, 0.3) is 0 Å². The molecule has 0 spiro atoms. The molecule has 0 N–H and O–H groups in total. The smallest absolute Gasteiger partial charge is 0.180 e. The Kier molecular flexibility index (Phi) is 6.24. The van der Waals surface area contributed by atoms with Crippen LogP contribution in [0.3, 0.4) is 0 Å². The summed E-state index contributed by atoms with van der Waals surface area (Å²) in [5, 5.41) is 0.489. The van der Waals surface area contributed by atoms with E-state index in [1.165, 1.54) is 5.56 Å². The standard InChI is InChI=1S/C19H20ClNO2/c1-4-10-23-19-17(20)11-15(12-18(19)22-5-2)13-21-16-8-6-14(3)7-9-16/h4,6-9,11-13H,1,5,10H2,2-3H3. The number of benzene rings is 2. The van der Waals surface area contributed by atoms with Gasteiger partial charge in [-0.25, -0.2) is 0 Å². The van der Waals surface area contributed by atoms with Crippen molar-refractivity contribution in [3.05, 3.63) is 65.2 Å². The molecule has 0 atom stereocenters. The summed E-state index contributed by atoms with van der Waals surface area (Å²) in [5.41, 5.74) is 2.94. The Morgan fingerprint density at radius 1 is 1.17 bits per heavy atom.